The summed E-state index contributed by atoms with van der Waals surface area (Å²) < 4.78 is 4.50. The van der Waals surface area contributed by atoms with Crippen LogP contribution < -0.4 is 5.32 Å². The van der Waals surface area contributed by atoms with Gasteiger partial charge in [0.2, 0.25) is 0 Å². The summed E-state index contributed by atoms with van der Waals surface area (Å²) in [6, 6.07) is 0. The Hall–Kier alpha value is -1.96. The molecule has 0 saturated carbocycles. The van der Waals surface area contributed by atoms with E-state index in [-0.39, 0.29) is 18.8 Å². The summed E-state index contributed by atoms with van der Waals surface area (Å²) in [5.41, 5.74) is -0.0413. The minimum atomic E-state index is -1.12. The van der Waals surface area contributed by atoms with Crippen LogP contribution in [0.1, 0.15) is 27.3 Å². The summed E-state index contributed by atoms with van der Waals surface area (Å²) in [6.07, 6.45) is 0. The third kappa shape index (κ3) is 3.52. The first kappa shape index (κ1) is 14.1. The van der Waals surface area contributed by atoms with Crippen LogP contribution in [0.4, 0.5) is 0 Å². The molecule has 8 heteroatoms. The number of carboxylic acids is 1. The van der Waals surface area contributed by atoms with E-state index in [0.717, 1.165) is 11.3 Å². The second kappa shape index (κ2) is 6.10. The molecule has 0 saturated heterocycles. The first-order chi connectivity index (χ1) is 8.45. The van der Waals surface area contributed by atoms with Crippen molar-refractivity contribution < 1.29 is 24.2 Å². The molecule has 0 aliphatic rings. The molecule has 1 aromatic heterocycles. The van der Waals surface area contributed by atoms with E-state index in [1.54, 1.807) is 13.8 Å². The average Bonchev–Trinajstić information content (AvgIpc) is 2.68. The molecule has 0 bridgehead atoms. The molecule has 0 atom stereocenters. The van der Waals surface area contributed by atoms with E-state index in [4.69, 9.17) is 5.11 Å². The maximum atomic E-state index is 11.2. The van der Waals surface area contributed by atoms with Crippen molar-refractivity contribution in [1.82, 2.24) is 10.3 Å². The zero-order chi connectivity index (χ0) is 13.7. The van der Waals surface area contributed by atoms with Gasteiger partial charge < -0.3 is 15.2 Å². The lowest BCUT2D eigenvalue weighted by Crippen LogP contribution is -2.32. The van der Waals surface area contributed by atoms with Gasteiger partial charge in [0.05, 0.1) is 13.2 Å². The molecule has 0 aliphatic carbocycles. The first-order valence-corrected chi connectivity index (χ1v) is 5.91. The number of hydrogen-bond donors (Lipinski definition) is 2. The fourth-order valence-electron chi connectivity index (χ4n) is 1.15. The van der Waals surface area contributed by atoms with Crippen LogP contribution in [-0.4, -0.2) is 34.5 Å². The molecule has 0 fully saturated rings. The van der Waals surface area contributed by atoms with Gasteiger partial charge in [-0.05, 0) is 13.8 Å². The number of aromatic nitrogens is 1. The molecule has 1 amide bonds. The summed E-state index contributed by atoms with van der Waals surface area (Å²) in [6.45, 7) is 3.33. The van der Waals surface area contributed by atoms with E-state index in [1.807, 2.05) is 0 Å². The number of carbonyl (C=O) groups is 3. The second-order valence-electron chi connectivity index (χ2n) is 3.22. The third-order valence-corrected chi connectivity index (χ3v) is 2.88. The Balaban J connectivity index is 2.59. The van der Waals surface area contributed by atoms with Crippen LogP contribution in [0.15, 0.2) is 0 Å². The predicted molar refractivity (Wildman–Crippen MR) is 62.3 cm³/mol. The van der Waals surface area contributed by atoms with Crippen molar-refractivity contribution in [3.8, 4) is 0 Å². The number of nitrogens with one attached hydrogen (secondary N) is 1. The Morgan fingerprint density at radius 1 is 1.44 bits per heavy atom. The van der Waals surface area contributed by atoms with Gasteiger partial charge in [0, 0.05) is 4.88 Å². The molecule has 1 heterocycles. The van der Waals surface area contributed by atoms with Crippen molar-refractivity contribution in [3.63, 3.8) is 0 Å². The van der Waals surface area contributed by atoms with Crippen LogP contribution in [0.5, 0.6) is 0 Å². The fourth-order valence-corrected chi connectivity index (χ4v) is 2.01. The molecular weight excluding hydrogens is 260 g/mol. The van der Waals surface area contributed by atoms with Gasteiger partial charge in [0.15, 0.2) is 5.69 Å². The van der Waals surface area contributed by atoms with Gasteiger partial charge in [-0.2, -0.15) is 0 Å². The van der Waals surface area contributed by atoms with Crippen LogP contribution in [0.3, 0.4) is 0 Å². The molecule has 0 aliphatic heterocycles. The van der Waals surface area contributed by atoms with E-state index in [9.17, 15) is 14.4 Å². The summed E-state index contributed by atoms with van der Waals surface area (Å²) in [4.78, 5) is 37.3. The molecule has 1 rings (SSSR count). The number of amides is 1. The van der Waals surface area contributed by atoms with Crippen LogP contribution in [0, 0.1) is 6.92 Å². The van der Waals surface area contributed by atoms with Crippen LogP contribution in [0.2, 0.25) is 0 Å². The number of aromatic carboxylic acids is 1. The Labute approximate surface area is 107 Å². The van der Waals surface area contributed by atoms with Gasteiger partial charge in [-0.3, -0.25) is 4.79 Å². The van der Waals surface area contributed by atoms with Crippen LogP contribution >= 0.6 is 11.3 Å². The number of carboxylic acid groups (broad SMARTS) is 1. The summed E-state index contributed by atoms with van der Waals surface area (Å²) in [5.74, 6) is -2.96. The van der Waals surface area contributed by atoms with Gasteiger partial charge in [0.25, 0.3) is 0 Å². The van der Waals surface area contributed by atoms with Gasteiger partial charge in [-0.15, -0.1) is 11.3 Å². The van der Waals surface area contributed by atoms with Gasteiger partial charge >= 0.3 is 17.8 Å². The number of ether oxygens (including phenoxy) is 1. The van der Waals surface area contributed by atoms with E-state index >= 15 is 0 Å². The lowest BCUT2D eigenvalue weighted by atomic mass is 10.4. The van der Waals surface area contributed by atoms with Crippen LogP contribution in [-0.2, 0) is 20.9 Å². The zero-order valence-electron chi connectivity index (χ0n) is 9.85. The molecule has 7 nitrogen and oxygen atoms in total. The number of carbonyl (C=O) groups excluding carboxylic acids is 2. The summed E-state index contributed by atoms with van der Waals surface area (Å²) in [5, 5.41) is 11.5. The number of rotatable bonds is 4. The third-order valence-electron chi connectivity index (χ3n) is 1.90. The Bertz CT molecular complexity index is 483. The molecule has 0 radical (unpaired) electrons. The highest BCUT2D eigenvalue weighted by molar-refractivity contribution is 7.11. The molecule has 1 aromatic rings. The lowest BCUT2D eigenvalue weighted by Gasteiger charge is -2.01. The largest absolute Gasteiger partial charge is 0.476 e. The fraction of sp³-hybridized carbons (Fsp3) is 0.400. The van der Waals surface area contributed by atoms with Gasteiger partial charge in [-0.1, -0.05) is 0 Å². The van der Waals surface area contributed by atoms with Crippen molar-refractivity contribution in [3.05, 3.63) is 15.6 Å². The molecule has 2 N–H and O–H groups in total. The van der Waals surface area contributed by atoms with E-state index in [0.29, 0.717) is 9.88 Å². The lowest BCUT2D eigenvalue weighted by molar-refractivity contribution is -0.154. The molecule has 0 aromatic carbocycles. The van der Waals surface area contributed by atoms with E-state index in [2.05, 4.69) is 15.0 Å². The minimum Gasteiger partial charge on any atom is -0.476 e. The number of nitrogens with zero attached hydrogens (tertiary/aromatic N) is 1. The molecule has 0 spiro atoms. The normalized spacial score (nSPS) is 9.89. The van der Waals surface area contributed by atoms with E-state index < -0.39 is 17.8 Å². The first-order valence-electron chi connectivity index (χ1n) is 5.10. The Morgan fingerprint density at radius 3 is 2.61 bits per heavy atom. The monoisotopic (exact) mass is 272 g/mol. The number of hydrogen-bond acceptors (Lipinski definition) is 6. The molecule has 0 unspecified atom stereocenters. The van der Waals surface area contributed by atoms with Crippen LogP contribution in [0.25, 0.3) is 0 Å². The Kier molecular flexibility index (Phi) is 4.78. The number of thiazole rings is 1. The minimum absolute atomic E-state index is 0.00354. The maximum Gasteiger partial charge on any atom is 0.396 e. The van der Waals surface area contributed by atoms with Crippen molar-refractivity contribution in [2.45, 2.75) is 20.4 Å². The molecule has 98 valence electrons. The average molecular weight is 272 g/mol. The number of aryl methyl sites for hydroxylation is 1. The molecular formula is C10H12N2O5S. The van der Waals surface area contributed by atoms with Gasteiger partial charge in [0.1, 0.15) is 5.01 Å². The number of esters is 1. The maximum absolute atomic E-state index is 11.2. The quantitative estimate of drug-likeness (QED) is 0.604. The highest BCUT2D eigenvalue weighted by Gasteiger charge is 2.17. The van der Waals surface area contributed by atoms with Crippen molar-refractivity contribution >= 4 is 29.2 Å². The summed E-state index contributed by atoms with van der Waals surface area (Å²) in [7, 11) is 0. The highest BCUT2D eigenvalue weighted by Crippen LogP contribution is 2.17. The Morgan fingerprint density at radius 2 is 2.11 bits per heavy atom. The molecule has 18 heavy (non-hydrogen) atoms. The van der Waals surface area contributed by atoms with Crippen molar-refractivity contribution in [1.29, 1.82) is 0 Å². The van der Waals surface area contributed by atoms with E-state index in [1.165, 1.54) is 0 Å². The summed E-state index contributed by atoms with van der Waals surface area (Å²) >= 11 is 1.15. The smallest absolute Gasteiger partial charge is 0.396 e. The standard InChI is InChI=1S/C10H12N2O5S/c1-3-17-10(16)8(13)11-4-6-12-7(9(14)15)5(2)18-6/h3-4H2,1-2H3,(H,11,13)(H,14,15). The van der Waals surface area contributed by atoms with Gasteiger partial charge in [-0.25, -0.2) is 14.6 Å². The van der Waals surface area contributed by atoms with Crippen molar-refractivity contribution in [2.24, 2.45) is 0 Å². The second-order valence-corrected chi connectivity index (χ2v) is 4.51. The topological polar surface area (TPSA) is 106 Å². The van der Waals surface area contributed by atoms with Crippen molar-refractivity contribution in [2.75, 3.05) is 6.61 Å². The predicted octanol–water partition coefficient (Wildman–Crippen LogP) is 0.329. The highest BCUT2D eigenvalue weighted by atomic mass is 32.1. The zero-order valence-corrected chi connectivity index (χ0v) is 10.7. The SMILES string of the molecule is CCOC(=O)C(=O)NCc1nc(C(=O)O)c(C)s1.